The van der Waals surface area contributed by atoms with Gasteiger partial charge in [-0.2, -0.15) is 5.10 Å². The number of ether oxygens (including phenoxy) is 1. The predicted molar refractivity (Wildman–Crippen MR) is 155 cm³/mol. The first-order chi connectivity index (χ1) is 18.0. The molecule has 1 aliphatic heterocycles. The molecule has 8 heteroatoms. The smallest absolute Gasteiger partial charge is 0.266 e. The van der Waals surface area contributed by atoms with Gasteiger partial charge < -0.3 is 4.74 Å². The average Bonchev–Trinajstić information content (AvgIpc) is 3.46. The Bertz CT molecular complexity index is 1470. The third-order valence-corrected chi connectivity index (χ3v) is 7.56. The van der Waals surface area contributed by atoms with Crippen LogP contribution in [0.25, 0.3) is 23.0 Å². The molecule has 1 amide bonds. The third kappa shape index (κ3) is 5.64. The van der Waals surface area contributed by atoms with Crippen molar-refractivity contribution < 1.29 is 9.53 Å². The van der Waals surface area contributed by atoms with Gasteiger partial charge in [-0.15, -0.1) is 0 Å². The molecule has 186 valence electrons. The Balaban J connectivity index is 1.49. The molecule has 0 atom stereocenters. The molecule has 0 N–H and O–H groups in total. The van der Waals surface area contributed by atoms with E-state index in [1.165, 1.54) is 11.8 Å². The lowest BCUT2D eigenvalue weighted by Crippen LogP contribution is -2.27. The first-order valence-electron chi connectivity index (χ1n) is 11.9. The van der Waals surface area contributed by atoms with Crippen LogP contribution in [-0.4, -0.2) is 31.5 Å². The van der Waals surface area contributed by atoms with Crippen molar-refractivity contribution in [1.82, 2.24) is 14.7 Å². The van der Waals surface area contributed by atoms with Crippen molar-refractivity contribution in [1.29, 1.82) is 0 Å². The van der Waals surface area contributed by atoms with Gasteiger partial charge in [-0.3, -0.25) is 9.69 Å². The Labute approximate surface area is 230 Å². The van der Waals surface area contributed by atoms with Crippen LogP contribution >= 0.6 is 35.6 Å². The van der Waals surface area contributed by atoms with Gasteiger partial charge in [0.15, 0.2) is 0 Å². The van der Waals surface area contributed by atoms with Crippen LogP contribution in [0.3, 0.4) is 0 Å². The summed E-state index contributed by atoms with van der Waals surface area (Å²) in [6.07, 6.45) is 4.75. The van der Waals surface area contributed by atoms with Crippen LogP contribution in [0, 0.1) is 0 Å². The average molecular weight is 546 g/mol. The molecule has 0 unspecified atom stereocenters. The van der Waals surface area contributed by atoms with Crippen LogP contribution in [0.15, 0.2) is 90.0 Å². The number of rotatable bonds is 8. The van der Waals surface area contributed by atoms with Crippen molar-refractivity contribution in [2.75, 3.05) is 6.61 Å². The van der Waals surface area contributed by atoms with Crippen LogP contribution in [-0.2, 0) is 11.3 Å². The number of thioether (sulfide) groups is 1. The summed E-state index contributed by atoms with van der Waals surface area (Å²) < 4.78 is 8.07. The fraction of sp³-hybridized carbons (Fsp3) is 0.138. The molecule has 1 aromatic heterocycles. The number of amides is 1. The monoisotopic (exact) mass is 545 g/mol. The molecule has 1 aliphatic rings. The zero-order valence-electron chi connectivity index (χ0n) is 20.1. The van der Waals surface area contributed by atoms with Gasteiger partial charge in [0.2, 0.25) is 0 Å². The van der Waals surface area contributed by atoms with Gasteiger partial charge in [0.1, 0.15) is 10.1 Å². The largest absolute Gasteiger partial charge is 0.494 e. The summed E-state index contributed by atoms with van der Waals surface area (Å²) in [5.41, 5.74) is 4.30. The SMILES string of the molecule is CCCOc1ccc(-c2nn(-c3ccccc3)cc2C=C2SC(=S)N(Cc3ccccc3Cl)C2=O)cc1. The number of carbonyl (C=O) groups excluding carboxylic acids is 1. The van der Waals surface area contributed by atoms with Gasteiger partial charge in [-0.05, 0) is 60.5 Å². The Morgan fingerprint density at radius 3 is 2.49 bits per heavy atom. The van der Waals surface area contributed by atoms with Gasteiger partial charge in [-0.1, -0.05) is 78.9 Å². The highest BCUT2D eigenvalue weighted by Gasteiger charge is 2.32. The number of thiocarbonyl (C=S) groups is 1. The fourth-order valence-corrected chi connectivity index (χ4v) is 5.38. The lowest BCUT2D eigenvalue weighted by atomic mass is 10.1. The van der Waals surface area contributed by atoms with Crippen molar-refractivity contribution in [3.63, 3.8) is 0 Å². The molecule has 5 rings (SSSR count). The molecule has 3 aromatic carbocycles. The molecule has 1 saturated heterocycles. The topological polar surface area (TPSA) is 47.4 Å². The summed E-state index contributed by atoms with van der Waals surface area (Å²) in [5.74, 6) is 0.673. The normalized spacial score (nSPS) is 14.5. The summed E-state index contributed by atoms with van der Waals surface area (Å²) in [6, 6.07) is 25.2. The number of para-hydroxylation sites is 1. The Morgan fingerprint density at radius 1 is 1.03 bits per heavy atom. The molecule has 2 heterocycles. The maximum Gasteiger partial charge on any atom is 0.266 e. The zero-order chi connectivity index (χ0) is 25.8. The van der Waals surface area contributed by atoms with Crippen molar-refractivity contribution >= 4 is 51.9 Å². The van der Waals surface area contributed by atoms with E-state index < -0.39 is 0 Å². The lowest BCUT2D eigenvalue weighted by molar-refractivity contribution is -0.122. The lowest BCUT2D eigenvalue weighted by Gasteiger charge is -2.15. The first-order valence-corrected chi connectivity index (χ1v) is 13.5. The molecular formula is C29H24ClN3O2S2. The number of benzene rings is 3. The summed E-state index contributed by atoms with van der Waals surface area (Å²) in [4.78, 5) is 15.5. The summed E-state index contributed by atoms with van der Waals surface area (Å²) in [7, 11) is 0. The van der Waals surface area contributed by atoms with Crippen LogP contribution in [0.4, 0.5) is 0 Å². The summed E-state index contributed by atoms with van der Waals surface area (Å²) >= 11 is 13.2. The van der Waals surface area contributed by atoms with Crippen LogP contribution < -0.4 is 4.74 Å². The number of halogens is 1. The van der Waals surface area contributed by atoms with E-state index in [1.807, 2.05) is 95.8 Å². The van der Waals surface area contributed by atoms with E-state index in [4.69, 9.17) is 33.7 Å². The van der Waals surface area contributed by atoms with Crippen LogP contribution in [0.1, 0.15) is 24.5 Å². The highest BCUT2D eigenvalue weighted by Crippen LogP contribution is 2.36. The fourth-order valence-electron chi connectivity index (χ4n) is 3.93. The van der Waals surface area contributed by atoms with Crippen LogP contribution in [0.5, 0.6) is 5.75 Å². The van der Waals surface area contributed by atoms with Gasteiger partial charge in [-0.25, -0.2) is 4.68 Å². The molecule has 0 saturated carbocycles. The van der Waals surface area contributed by atoms with Crippen molar-refractivity contribution in [2.24, 2.45) is 0 Å². The van der Waals surface area contributed by atoms with E-state index in [2.05, 4.69) is 6.92 Å². The summed E-state index contributed by atoms with van der Waals surface area (Å²) in [6.45, 7) is 3.08. The van der Waals surface area contributed by atoms with Crippen molar-refractivity contribution in [3.05, 3.63) is 106 Å². The Hall–Kier alpha value is -3.39. The number of hydrogen-bond acceptors (Lipinski definition) is 5. The predicted octanol–water partition coefficient (Wildman–Crippen LogP) is 7.38. The minimum atomic E-state index is -0.142. The molecular weight excluding hydrogens is 522 g/mol. The van der Waals surface area contributed by atoms with E-state index in [1.54, 1.807) is 4.90 Å². The molecule has 0 aliphatic carbocycles. The first kappa shape index (κ1) is 25.3. The number of carbonyl (C=O) groups is 1. The summed E-state index contributed by atoms with van der Waals surface area (Å²) in [5, 5.41) is 5.48. The third-order valence-electron chi connectivity index (χ3n) is 5.81. The van der Waals surface area contributed by atoms with E-state index in [0.29, 0.717) is 27.4 Å². The van der Waals surface area contributed by atoms with Gasteiger partial charge in [0.05, 0.1) is 29.4 Å². The van der Waals surface area contributed by atoms with Crippen molar-refractivity contribution in [2.45, 2.75) is 19.9 Å². The second-order valence-corrected chi connectivity index (χ2v) is 10.5. The molecule has 4 aromatic rings. The molecule has 0 bridgehead atoms. The quantitative estimate of drug-likeness (QED) is 0.171. The molecule has 0 radical (unpaired) electrons. The number of hydrogen-bond donors (Lipinski definition) is 0. The van der Waals surface area contributed by atoms with Crippen molar-refractivity contribution in [3.8, 4) is 22.7 Å². The minimum absolute atomic E-state index is 0.142. The maximum atomic E-state index is 13.4. The second kappa shape index (κ2) is 11.3. The number of nitrogens with zero attached hydrogens (tertiary/aromatic N) is 3. The number of aromatic nitrogens is 2. The Morgan fingerprint density at radius 2 is 1.76 bits per heavy atom. The van der Waals surface area contributed by atoms with E-state index in [0.717, 1.165) is 40.2 Å². The standard InChI is InChI=1S/C29H24ClN3O2S2/c1-2-16-35-24-14-12-20(13-15-24)27-22(19-33(31-27)23-9-4-3-5-10-23)17-26-28(34)32(29(36)37-26)18-21-8-6-7-11-25(21)30/h3-15,17,19H,2,16,18H2,1H3. The molecule has 0 spiro atoms. The van der Waals surface area contributed by atoms with Gasteiger partial charge in [0.25, 0.3) is 5.91 Å². The van der Waals surface area contributed by atoms with E-state index >= 15 is 0 Å². The van der Waals surface area contributed by atoms with Gasteiger partial charge >= 0.3 is 0 Å². The molecule has 1 fully saturated rings. The van der Waals surface area contributed by atoms with Gasteiger partial charge in [0, 0.05) is 22.3 Å². The molecule has 37 heavy (non-hydrogen) atoms. The second-order valence-electron chi connectivity index (χ2n) is 8.45. The van der Waals surface area contributed by atoms with Crippen LogP contribution in [0.2, 0.25) is 5.02 Å². The highest BCUT2D eigenvalue weighted by molar-refractivity contribution is 8.26. The zero-order valence-corrected chi connectivity index (χ0v) is 22.5. The van der Waals surface area contributed by atoms with E-state index in [9.17, 15) is 4.79 Å². The molecule has 5 nitrogen and oxygen atoms in total. The highest BCUT2D eigenvalue weighted by atomic mass is 35.5. The maximum absolute atomic E-state index is 13.4. The Kier molecular flexibility index (Phi) is 7.74. The minimum Gasteiger partial charge on any atom is -0.494 e. The van der Waals surface area contributed by atoms with E-state index in [-0.39, 0.29) is 5.91 Å².